The summed E-state index contributed by atoms with van der Waals surface area (Å²) in [5.74, 6) is 0.429. The van der Waals surface area contributed by atoms with E-state index in [1.165, 1.54) is 12.0 Å². The lowest BCUT2D eigenvalue weighted by molar-refractivity contribution is -0.123. The van der Waals surface area contributed by atoms with Gasteiger partial charge in [-0.2, -0.15) is 0 Å². The molecule has 2 bridgehead atoms. The number of benzene rings is 2. The minimum Gasteiger partial charge on any atom is -0.497 e. The van der Waals surface area contributed by atoms with Crippen LogP contribution in [0.3, 0.4) is 0 Å². The highest BCUT2D eigenvalue weighted by molar-refractivity contribution is 6.25. The molecule has 0 aromatic heterocycles. The summed E-state index contributed by atoms with van der Waals surface area (Å²) in [6, 6.07) is 11.8. The predicted octanol–water partition coefficient (Wildman–Crippen LogP) is 3.49. The molecule has 160 valence electrons. The highest BCUT2D eigenvalue weighted by Crippen LogP contribution is 2.56. The van der Waals surface area contributed by atoms with Gasteiger partial charge in [0.2, 0.25) is 11.8 Å². The summed E-state index contributed by atoms with van der Waals surface area (Å²) in [5.41, 5.74) is 1.09. The summed E-state index contributed by atoms with van der Waals surface area (Å²) in [6.07, 6.45) is 3.00. The van der Waals surface area contributed by atoms with Crippen molar-refractivity contribution in [2.24, 2.45) is 23.7 Å². The molecule has 3 amide bonds. The van der Waals surface area contributed by atoms with Crippen LogP contribution in [-0.2, 0) is 9.59 Å². The number of nitrogens with zero attached hydrogens (tertiary/aromatic N) is 1. The Morgan fingerprint density at radius 2 is 1.65 bits per heavy atom. The maximum atomic E-state index is 13.2. The van der Waals surface area contributed by atoms with Gasteiger partial charge in [0.25, 0.3) is 5.91 Å². The maximum absolute atomic E-state index is 13.2. The van der Waals surface area contributed by atoms with Crippen LogP contribution >= 0.6 is 0 Å². The summed E-state index contributed by atoms with van der Waals surface area (Å²) in [4.78, 5) is 40.9. The lowest BCUT2D eigenvalue weighted by atomic mass is 9.81. The molecule has 1 heterocycles. The average molecular weight is 420 g/mol. The Balaban J connectivity index is 1.46. The Labute approximate surface area is 180 Å². The van der Waals surface area contributed by atoms with Crippen LogP contribution in [0.1, 0.15) is 29.6 Å². The largest absolute Gasteiger partial charge is 0.497 e. The van der Waals surface area contributed by atoms with Crippen molar-refractivity contribution < 1.29 is 23.9 Å². The van der Waals surface area contributed by atoms with E-state index in [4.69, 9.17) is 9.47 Å². The topological polar surface area (TPSA) is 84.9 Å². The third-order valence-corrected chi connectivity index (χ3v) is 6.97. The van der Waals surface area contributed by atoms with Crippen LogP contribution in [0.15, 0.2) is 42.5 Å². The minimum absolute atomic E-state index is 0.163. The number of carbonyl (C=O) groups excluding carboxylic acids is 3. The molecule has 4 atom stereocenters. The number of nitrogens with one attached hydrogen (secondary N) is 1. The molecule has 1 N–H and O–H groups in total. The maximum Gasteiger partial charge on any atom is 0.257 e. The Hall–Kier alpha value is -3.35. The molecule has 3 aliphatic rings. The number of methoxy groups -OCH3 is 2. The van der Waals surface area contributed by atoms with Gasteiger partial charge in [-0.3, -0.25) is 14.4 Å². The van der Waals surface area contributed by atoms with Crippen LogP contribution in [0.25, 0.3) is 0 Å². The fraction of sp³-hybridized carbons (Fsp3) is 0.375. The number of carbonyl (C=O) groups is 3. The second kappa shape index (κ2) is 7.41. The zero-order valence-electron chi connectivity index (χ0n) is 17.5. The number of fused-ring (bicyclic) bond motifs is 5. The van der Waals surface area contributed by atoms with Crippen molar-refractivity contribution >= 4 is 29.1 Å². The number of amides is 3. The first-order chi connectivity index (χ1) is 15.0. The molecule has 31 heavy (non-hydrogen) atoms. The third-order valence-electron chi connectivity index (χ3n) is 6.97. The highest BCUT2D eigenvalue weighted by atomic mass is 16.5. The molecule has 0 unspecified atom stereocenters. The van der Waals surface area contributed by atoms with Gasteiger partial charge in [-0.1, -0.05) is 12.1 Å². The van der Waals surface area contributed by atoms with Gasteiger partial charge in [0, 0.05) is 6.07 Å². The second-order valence-corrected chi connectivity index (χ2v) is 8.43. The van der Waals surface area contributed by atoms with Crippen LogP contribution < -0.4 is 19.7 Å². The van der Waals surface area contributed by atoms with Crippen LogP contribution in [0, 0.1) is 23.7 Å². The molecule has 3 fully saturated rings. The predicted molar refractivity (Wildman–Crippen MR) is 114 cm³/mol. The van der Waals surface area contributed by atoms with Gasteiger partial charge in [0.1, 0.15) is 11.5 Å². The van der Waals surface area contributed by atoms with Gasteiger partial charge in [-0.05, 0) is 55.4 Å². The van der Waals surface area contributed by atoms with Crippen LogP contribution in [-0.4, -0.2) is 31.9 Å². The fourth-order valence-corrected chi connectivity index (χ4v) is 5.60. The number of anilines is 2. The van der Waals surface area contributed by atoms with Gasteiger partial charge in [0.05, 0.1) is 43.0 Å². The van der Waals surface area contributed by atoms with Crippen molar-refractivity contribution in [2.75, 3.05) is 24.4 Å². The quantitative estimate of drug-likeness (QED) is 0.749. The van der Waals surface area contributed by atoms with Gasteiger partial charge < -0.3 is 14.8 Å². The van der Waals surface area contributed by atoms with Crippen molar-refractivity contribution in [3.05, 3.63) is 48.0 Å². The monoisotopic (exact) mass is 420 g/mol. The van der Waals surface area contributed by atoms with E-state index in [2.05, 4.69) is 5.32 Å². The number of ether oxygens (including phenoxy) is 2. The molecule has 0 radical (unpaired) electrons. The first-order valence-corrected chi connectivity index (χ1v) is 10.5. The number of rotatable bonds is 5. The fourth-order valence-electron chi connectivity index (χ4n) is 5.60. The SMILES string of the molecule is COc1ccc(NC(=O)c2ccccc2N2C(=O)[C@H]3[C@@H]4CC[C@@H](C4)[C@@H]3C2=O)c(OC)c1. The lowest BCUT2D eigenvalue weighted by Crippen LogP contribution is -2.34. The molecular formula is C24H24N2O5. The molecular weight excluding hydrogens is 396 g/mol. The van der Waals surface area contributed by atoms with Crippen LogP contribution in [0.4, 0.5) is 11.4 Å². The first-order valence-electron chi connectivity index (χ1n) is 10.5. The van der Waals surface area contributed by atoms with Crippen molar-refractivity contribution in [1.82, 2.24) is 0 Å². The number of hydrogen-bond acceptors (Lipinski definition) is 5. The molecule has 7 heteroatoms. The standard InChI is InChI=1S/C24H24N2O5/c1-30-15-9-10-17(19(12-15)31-2)25-22(27)16-5-3-4-6-18(16)26-23(28)20-13-7-8-14(11-13)21(20)24(26)29/h3-6,9-10,12-14,20-21H,7-8,11H2,1-2H3,(H,25,27)/t13-,14+,20-,21-/m0/s1. The first kappa shape index (κ1) is 19.6. The van der Waals surface area contributed by atoms with Crippen molar-refractivity contribution in [3.8, 4) is 11.5 Å². The molecule has 2 aromatic carbocycles. The average Bonchev–Trinajstić information content (AvgIpc) is 3.47. The van der Waals surface area contributed by atoms with Gasteiger partial charge in [0.15, 0.2) is 0 Å². The molecule has 2 aromatic rings. The zero-order valence-corrected chi connectivity index (χ0v) is 17.5. The minimum atomic E-state index is -0.417. The van der Waals surface area contributed by atoms with E-state index in [0.717, 1.165) is 19.3 Å². The van der Waals surface area contributed by atoms with Gasteiger partial charge >= 0.3 is 0 Å². The third kappa shape index (κ3) is 2.99. The normalized spacial score (nSPS) is 26.2. The highest BCUT2D eigenvalue weighted by Gasteiger charge is 2.61. The van der Waals surface area contributed by atoms with E-state index in [1.54, 1.807) is 49.6 Å². The van der Waals surface area contributed by atoms with Gasteiger partial charge in [-0.25, -0.2) is 4.90 Å². The number of hydrogen-bond donors (Lipinski definition) is 1. The van der Waals surface area contributed by atoms with Crippen LogP contribution in [0.2, 0.25) is 0 Å². The van der Waals surface area contributed by atoms with Crippen molar-refractivity contribution in [2.45, 2.75) is 19.3 Å². The number of para-hydroxylation sites is 1. The molecule has 2 saturated carbocycles. The lowest BCUT2D eigenvalue weighted by Gasteiger charge is -2.20. The summed E-state index contributed by atoms with van der Waals surface area (Å²) in [5, 5.41) is 2.83. The Morgan fingerprint density at radius 1 is 0.968 bits per heavy atom. The van der Waals surface area contributed by atoms with E-state index in [9.17, 15) is 14.4 Å². The van der Waals surface area contributed by atoms with E-state index >= 15 is 0 Å². The van der Waals surface area contributed by atoms with E-state index in [1.807, 2.05) is 0 Å². The molecule has 7 nitrogen and oxygen atoms in total. The molecule has 0 spiro atoms. The van der Waals surface area contributed by atoms with E-state index in [-0.39, 0.29) is 29.2 Å². The number of imide groups is 1. The molecule has 1 saturated heterocycles. The zero-order chi connectivity index (χ0) is 21.7. The molecule has 2 aliphatic carbocycles. The second-order valence-electron chi connectivity index (χ2n) is 8.43. The summed E-state index contributed by atoms with van der Waals surface area (Å²) >= 11 is 0. The summed E-state index contributed by atoms with van der Waals surface area (Å²) in [7, 11) is 3.06. The van der Waals surface area contributed by atoms with Crippen molar-refractivity contribution in [1.29, 1.82) is 0 Å². The molecule has 5 rings (SSSR count). The smallest absolute Gasteiger partial charge is 0.257 e. The van der Waals surface area contributed by atoms with Crippen molar-refractivity contribution in [3.63, 3.8) is 0 Å². The Morgan fingerprint density at radius 3 is 2.29 bits per heavy atom. The molecule has 1 aliphatic heterocycles. The van der Waals surface area contributed by atoms with E-state index < -0.39 is 5.91 Å². The Bertz CT molecular complexity index is 1050. The summed E-state index contributed by atoms with van der Waals surface area (Å²) < 4.78 is 10.6. The van der Waals surface area contributed by atoms with Crippen LogP contribution in [0.5, 0.6) is 11.5 Å². The van der Waals surface area contributed by atoms with Gasteiger partial charge in [-0.15, -0.1) is 0 Å². The van der Waals surface area contributed by atoms with E-state index in [0.29, 0.717) is 34.7 Å². The Kier molecular flexibility index (Phi) is 4.68. The summed E-state index contributed by atoms with van der Waals surface area (Å²) in [6.45, 7) is 0.